The summed E-state index contributed by atoms with van der Waals surface area (Å²) in [6, 6.07) is 14.0. The van der Waals surface area contributed by atoms with Crippen molar-refractivity contribution in [3.63, 3.8) is 0 Å². The van der Waals surface area contributed by atoms with Crippen molar-refractivity contribution >= 4 is 23.5 Å². The normalized spacial score (nSPS) is 11.6. The Kier molecular flexibility index (Phi) is 6.97. The van der Waals surface area contributed by atoms with Gasteiger partial charge in [0.15, 0.2) is 5.69 Å². The van der Waals surface area contributed by atoms with Gasteiger partial charge in [-0.05, 0) is 43.7 Å². The molecule has 1 aromatic heterocycles. The highest BCUT2D eigenvalue weighted by atomic mass is 35.5. The number of aromatic nitrogens is 2. The molecule has 2 aromatic carbocycles. The van der Waals surface area contributed by atoms with Gasteiger partial charge in [-0.25, -0.2) is 14.3 Å². The smallest absolute Gasteiger partial charge is 0.357 e. The molecule has 0 saturated heterocycles. The minimum absolute atomic E-state index is 0.00260. The molecule has 31 heavy (non-hydrogen) atoms. The molecule has 1 unspecified atom stereocenters. The van der Waals surface area contributed by atoms with Crippen LogP contribution in [0.1, 0.15) is 41.1 Å². The van der Waals surface area contributed by atoms with E-state index in [2.05, 4.69) is 5.10 Å². The van der Waals surface area contributed by atoms with Crippen molar-refractivity contribution in [3.05, 3.63) is 64.8 Å². The number of hydrogen-bond acceptors (Lipinski definition) is 6. The highest BCUT2D eigenvalue weighted by molar-refractivity contribution is 6.32. The number of ether oxygens (including phenoxy) is 3. The van der Waals surface area contributed by atoms with E-state index in [0.717, 1.165) is 6.42 Å². The van der Waals surface area contributed by atoms with Crippen LogP contribution in [0.15, 0.2) is 48.5 Å². The molecule has 7 nitrogen and oxygen atoms in total. The third-order valence-electron chi connectivity index (χ3n) is 4.76. The molecule has 0 N–H and O–H groups in total. The van der Waals surface area contributed by atoms with E-state index in [-0.39, 0.29) is 23.1 Å². The van der Waals surface area contributed by atoms with E-state index in [0.29, 0.717) is 22.0 Å². The summed E-state index contributed by atoms with van der Waals surface area (Å²) in [5, 5.41) is 4.92. The predicted octanol–water partition coefficient (Wildman–Crippen LogP) is 4.94. The Labute approximate surface area is 185 Å². The number of halogens is 1. The van der Waals surface area contributed by atoms with E-state index >= 15 is 0 Å². The molecule has 0 aliphatic carbocycles. The fraction of sp³-hybridized carbons (Fsp3) is 0.261. The van der Waals surface area contributed by atoms with Crippen LogP contribution in [0.25, 0.3) is 16.9 Å². The molecule has 0 aliphatic heterocycles. The van der Waals surface area contributed by atoms with Crippen molar-refractivity contribution in [1.82, 2.24) is 9.78 Å². The summed E-state index contributed by atoms with van der Waals surface area (Å²) < 4.78 is 17.1. The summed E-state index contributed by atoms with van der Waals surface area (Å²) in [6.07, 6.45) is 0.825. The number of benzene rings is 2. The van der Waals surface area contributed by atoms with Crippen LogP contribution in [0, 0.1) is 0 Å². The lowest BCUT2D eigenvalue weighted by atomic mass is 10.1. The monoisotopic (exact) mass is 442 g/mol. The molecule has 0 spiro atoms. The van der Waals surface area contributed by atoms with Gasteiger partial charge in [-0.1, -0.05) is 36.7 Å². The molecule has 0 saturated carbocycles. The second-order valence-electron chi connectivity index (χ2n) is 6.78. The SMILES string of the molecule is CCC(C)Oc1ccc(-c2nn(-c3ccccc3)c(C(=O)OC)c2C(=O)OC)cc1Cl. The van der Waals surface area contributed by atoms with Crippen LogP contribution < -0.4 is 4.74 Å². The Bertz CT molecular complexity index is 1090. The zero-order valence-corrected chi connectivity index (χ0v) is 18.5. The van der Waals surface area contributed by atoms with E-state index in [4.69, 9.17) is 25.8 Å². The summed E-state index contributed by atoms with van der Waals surface area (Å²) in [5.74, 6) is -0.908. The Morgan fingerprint density at radius 1 is 1.06 bits per heavy atom. The lowest BCUT2D eigenvalue weighted by Crippen LogP contribution is -2.15. The van der Waals surface area contributed by atoms with Crippen LogP contribution in [-0.2, 0) is 9.47 Å². The lowest BCUT2D eigenvalue weighted by Gasteiger charge is -2.14. The summed E-state index contributed by atoms with van der Waals surface area (Å²) in [6.45, 7) is 3.96. The second kappa shape index (κ2) is 9.66. The van der Waals surface area contributed by atoms with E-state index in [1.54, 1.807) is 42.5 Å². The molecular weight excluding hydrogens is 420 g/mol. The molecule has 162 valence electrons. The van der Waals surface area contributed by atoms with E-state index in [1.165, 1.54) is 18.9 Å². The van der Waals surface area contributed by atoms with E-state index in [9.17, 15) is 9.59 Å². The van der Waals surface area contributed by atoms with Gasteiger partial charge < -0.3 is 14.2 Å². The minimum Gasteiger partial charge on any atom is -0.489 e. The van der Waals surface area contributed by atoms with Crippen molar-refractivity contribution in [2.45, 2.75) is 26.4 Å². The summed E-state index contributed by atoms with van der Waals surface area (Å²) in [4.78, 5) is 25.3. The predicted molar refractivity (Wildman–Crippen MR) is 117 cm³/mol. The Hall–Kier alpha value is -3.32. The van der Waals surface area contributed by atoms with Crippen molar-refractivity contribution in [2.75, 3.05) is 14.2 Å². The standard InChI is InChI=1S/C23H23ClN2O5/c1-5-14(2)31-18-12-11-15(13-17(18)24)20-19(22(27)29-3)21(23(28)30-4)26(25-20)16-9-7-6-8-10-16/h6-14H,5H2,1-4H3. The number of methoxy groups -OCH3 is 2. The molecule has 8 heteroatoms. The van der Waals surface area contributed by atoms with Crippen LogP contribution in [0.3, 0.4) is 0 Å². The number of rotatable bonds is 7. The van der Waals surface area contributed by atoms with Crippen LogP contribution >= 0.6 is 11.6 Å². The topological polar surface area (TPSA) is 79.7 Å². The van der Waals surface area contributed by atoms with Crippen LogP contribution in [-0.4, -0.2) is 42.0 Å². The lowest BCUT2D eigenvalue weighted by molar-refractivity contribution is 0.0549. The van der Waals surface area contributed by atoms with Gasteiger partial charge >= 0.3 is 11.9 Å². The third-order valence-corrected chi connectivity index (χ3v) is 5.06. The molecule has 0 fully saturated rings. The Balaban J connectivity index is 2.22. The zero-order chi connectivity index (χ0) is 22.5. The average molecular weight is 443 g/mol. The molecule has 1 atom stereocenters. The van der Waals surface area contributed by atoms with Crippen molar-refractivity contribution < 1.29 is 23.8 Å². The van der Waals surface area contributed by atoms with Gasteiger partial charge in [0.05, 0.1) is 31.0 Å². The minimum atomic E-state index is -0.717. The summed E-state index contributed by atoms with van der Waals surface area (Å²) >= 11 is 6.43. The first-order valence-electron chi connectivity index (χ1n) is 9.72. The first kappa shape index (κ1) is 22.4. The first-order chi connectivity index (χ1) is 14.9. The molecule has 0 amide bonds. The fourth-order valence-electron chi connectivity index (χ4n) is 3.00. The maximum Gasteiger partial charge on any atom is 0.357 e. The van der Waals surface area contributed by atoms with Gasteiger partial charge in [0.1, 0.15) is 17.0 Å². The van der Waals surface area contributed by atoms with Gasteiger partial charge in [-0.15, -0.1) is 0 Å². The van der Waals surface area contributed by atoms with E-state index < -0.39 is 11.9 Å². The molecule has 0 radical (unpaired) electrons. The Morgan fingerprint density at radius 2 is 1.74 bits per heavy atom. The number of carbonyl (C=O) groups is 2. The number of carbonyl (C=O) groups excluding carboxylic acids is 2. The average Bonchev–Trinajstić information content (AvgIpc) is 3.20. The highest BCUT2D eigenvalue weighted by Gasteiger charge is 2.31. The largest absolute Gasteiger partial charge is 0.489 e. The number of para-hydroxylation sites is 1. The van der Waals surface area contributed by atoms with Gasteiger partial charge in [-0.2, -0.15) is 5.10 Å². The number of hydrogen-bond donors (Lipinski definition) is 0. The summed E-state index contributed by atoms with van der Waals surface area (Å²) in [7, 11) is 2.48. The van der Waals surface area contributed by atoms with Crippen LogP contribution in [0.2, 0.25) is 5.02 Å². The highest BCUT2D eigenvalue weighted by Crippen LogP contribution is 2.34. The maximum absolute atomic E-state index is 12.7. The van der Waals surface area contributed by atoms with Gasteiger partial charge in [0.25, 0.3) is 0 Å². The van der Waals surface area contributed by atoms with Crippen molar-refractivity contribution in [1.29, 1.82) is 0 Å². The first-order valence-corrected chi connectivity index (χ1v) is 10.1. The van der Waals surface area contributed by atoms with Gasteiger partial charge in [0, 0.05) is 5.56 Å². The molecule has 1 heterocycles. The molecular formula is C23H23ClN2O5. The third kappa shape index (κ3) is 4.56. The molecule has 0 bridgehead atoms. The van der Waals surface area contributed by atoms with Gasteiger partial charge in [0.2, 0.25) is 0 Å². The second-order valence-corrected chi connectivity index (χ2v) is 7.19. The van der Waals surface area contributed by atoms with Crippen molar-refractivity contribution in [3.8, 4) is 22.7 Å². The Morgan fingerprint density at radius 3 is 2.32 bits per heavy atom. The van der Waals surface area contributed by atoms with E-state index in [1.807, 2.05) is 19.9 Å². The molecule has 0 aliphatic rings. The molecule has 3 aromatic rings. The van der Waals surface area contributed by atoms with Crippen LogP contribution in [0.5, 0.6) is 5.75 Å². The zero-order valence-electron chi connectivity index (χ0n) is 17.7. The fourth-order valence-corrected chi connectivity index (χ4v) is 3.23. The maximum atomic E-state index is 12.7. The number of nitrogens with zero attached hydrogens (tertiary/aromatic N) is 2. The molecule has 3 rings (SSSR count). The van der Waals surface area contributed by atoms with Gasteiger partial charge in [-0.3, -0.25) is 0 Å². The van der Waals surface area contributed by atoms with Crippen molar-refractivity contribution in [2.24, 2.45) is 0 Å². The number of esters is 2. The van der Waals surface area contributed by atoms with Crippen LogP contribution in [0.4, 0.5) is 0 Å². The summed E-state index contributed by atoms with van der Waals surface area (Å²) in [5.41, 5.74) is 1.31. The quantitative estimate of drug-likeness (QED) is 0.482.